The molecule has 2 aromatic heterocycles. The molecule has 4 rings (SSSR count). The van der Waals surface area contributed by atoms with E-state index in [-0.39, 0.29) is 36.5 Å². The number of anilines is 1. The molecule has 0 radical (unpaired) electrons. The first-order valence-corrected chi connectivity index (χ1v) is 10.9. The summed E-state index contributed by atoms with van der Waals surface area (Å²) in [5.41, 5.74) is 3.47. The van der Waals surface area contributed by atoms with E-state index in [1.165, 1.54) is 17.2 Å². The first-order chi connectivity index (χ1) is 16.5. The summed E-state index contributed by atoms with van der Waals surface area (Å²) in [4.78, 5) is 18.4. The lowest BCUT2D eigenvalue weighted by atomic mass is 9.97. The summed E-state index contributed by atoms with van der Waals surface area (Å²) < 4.78 is 64.9. The number of alkyl halides is 3. The Kier molecular flexibility index (Phi) is 6.79. The van der Waals surface area contributed by atoms with Gasteiger partial charge < -0.3 is 19.5 Å². The van der Waals surface area contributed by atoms with Gasteiger partial charge in [-0.15, -0.1) is 0 Å². The Balaban J connectivity index is 1.72. The zero-order valence-corrected chi connectivity index (χ0v) is 19.4. The third-order valence-electron chi connectivity index (χ3n) is 5.76. The van der Waals surface area contributed by atoms with Crippen molar-refractivity contribution in [2.45, 2.75) is 39.6 Å². The van der Waals surface area contributed by atoms with Crippen molar-refractivity contribution in [1.29, 1.82) is 0 Å². The first kappa shape index (κ1) is 24.6. The zero-order valence-electron chi connectivity index (χ0n) is 19.4. The van der Waals surface area contributed by atoms with Crippen LogP contribution in [0.5, 0.6) is 0 Å². The van der Waals surface area contributed by atoms with Gasteiger partial charge in [0.25, 0.3) is 5.91 Å². The number of halogens is 4. The van der Waals surface area contributed by atoms with Crippen LogP contribution in [0.2, 0.25) is 0 Å². The van der Waals surface area contributed by atoms with E-state index in [4.69, 9.17) is 9.26 Å². The molecule has 11 heteroatoms. The summed E-state index contributed by atoms with van der Waals surface area (Å²) in [7, 11) is 0. The van der Waals surface area contributed by atoms with E-state index in [0.717, 1.165) is 0 Å². The van der Waals surface area contributed by atoms with Crippen LogP contribution in [-0.2, 0) is 11.3 Å². The van der Waals surface area contributed by atoms with Crippen LogP contribution in [0.4, 0.5) is 23.2 Å². The molecule has 3 heterocycles. The van der Waals surface area contributed by atoms with E-state index in [1.54, 1.807) is 39.0 Å². The highest BCUT2D eigenvalue weighted by molar-refractivity contribution is 5.94. The molecule has 1 aliphatic heterocycles. The van der Waals surface area contributed by atoms with E-state index in [9.17, 15) is 18.0 Å². The fourth-order valence-electron chi connectivity index (χ4n) is 4.13. The lowest BCUT2D eigenvalue weighted by Crippen LogP contribution is -2.49. The minimum atomic E-state index is -4.53. The zero-order chi connectivity index (χ0) is 25.3. The predicted octanol–water partition coefficient (Wildman–Crippen LogP) is 4.50. The van der Waals surface area contributed by atoms with Crippen LogP contribution in [0.25, 0.3) is 11.1 Å². The van der Waals surface area contributed by atoms with Crippen molar-refractivity contribution in [3.05, 3.63) is 64.6 Å². The molecule has 0 spiro atoms. The largest absolute Gasteiger partial charge is 0.416 e. The van der Waals surface area contributed by atoms with Crippen molar-refractivity contribution in [3.8, 4) is 11.1 Å². The number of aryl methyl sites for hydroxylation is 3. The van der Waals surface area contributed by atoms with Crippen LogP contribution >= 0.6 is 0 Å². The number of amides is 1. The van der Waals surface area contributed by atoms with Crippen molar-refractivity contribution < 1.29 is 31.6 Å². The Bertz CT molecular complexity index is 1220. The van der Waals surface area contributed by atoms with Crippen LogP contribution in [0, 0.1) is 26.6 Å². The van der Waals surface area contributed by atoms with Gasteiger partial charge in [0.2, 0.25) is 0 Å². The third-order valence-corrected chi connectivity index (χ3v) is 5.76. The molecule has 1 N–H and O–H groups in total. The van der Waals surface area contributed by atoms with E-state index < -0.39 is 30.5 Å². The maximum Gasteiger partial charge on any atom is 0.416 e. The number of rotatable bonds is 5. The second-order valence-electron chi connectivity index (χ2n) is 8.44. The number of hydrogen-bond acceptors (Lipinski definition) is 6. The molecule has 0 aliphatic carbocycles. The van der Waals surface area contributed by atoms with Gasteiger partial charge in [-0.05, 0) is 56.2 Å². The average molecular weight is 492 g/mol. The van der Waals surface area contributed by atoms with Crippen molar-refractivity contribution >= 4 is 11.6 Å². The quantitative estimate of drug-likeness (QED) is 0.529. The Labute approximate surface area is 199 Å². The molecule has 1 amide bonds. The van der Waals surface area contributed by atoms with Gasteiger partial charge >= 0.3 is 6.18 Å². The molecule has 1 fully saturated rings. The molecule has 1 atom stereocenters. The van der Waals surface area contributed by atoms with E-state index >= 15 is 4.39 Å². The van der Waals surface area contributed by atoms with Gasteiger partial charge in [0, 0.05) is 35.7 Å². The first-order valence-electron chi connectivity index (χ1n) is 10.9. The summed E-state index contributed by atoms with van der Waals surface area (Å²) in [6.07, 6.45) is -5.29. The van der Waals surface area contributed by atoms with Crippen molar-refractivity contribution in [2.75, 3.05) is 24.6 Å². The molecule has 186 valence electrons. The fourth-order valence-corrected chi connectivity index (χ4v) is 4.13. The highest BCUT2D eigenvalue weighted by Crippen LogP contribution is 2.34. The molecule has 0 bridgehead atoms. The second-order valence-corrected chi connectivity index (χ2v) is 8.44. The number of nitrogens with one attached hydrogen (secondary N) is 1. The number of ether oxygens (including phenoxy) is 1. The van der Waals surface area contributed by atoms with E-state index in [1.807, 2.05) is 0 Å². The van der Waals surface area contributed by atoms with Gasteiger partial charge in [-0.1, -0.05) is 5.16 Å². The molecule has 1 aliphatic rings. The van der Waals surface area contributed by atoms with Crippen LogP contribution in [-0.4, -0.2) is 48.0 Å². The monoisotopic (exact) mass is 492 g/mol. The lowest BCUT2D eigenvalue weighted by molar-refractivity contribution is -0.221. The minimum absolute atomic E-state index is 0.0724. The molecule has 1 aromatic carbocycles. The number of nitrogens with zero attached hydrogens (tertiary/aromatic N) is 3. The minimum Gasteiger partial charge on any atom is -0.366 e. The smallest absolute Gasteiger partial charge is 0.366 e. The van der Waals surface area contributed by atoms with Gasteiger partial charge in [-0.25, -0.2) is 4.39 Å². The van der Waals surface area contributed by atoms with Gasteiger partial charge in [-0.3, -0.25) is 9.78 Å². The number of aromatic nitrogens is 2. The second kappa shape index (κ2) is 9.65. The van der Waals surface area contributed by atoms with Crippen LogP contribution in [0.3, 0.4) is 0 Å². The van der Waals surface area contributed by atoms with Crippen molar-refractivity contribution in [1.82, 2.24) is 15.5 Å². The molecular weight excluding hydrogens is 468 g/mol. The Hall–Kier alpha value is -3.47. The number of carbonyl (C=O) groups is 1. The topological polar surface area (TPSA) is 80.5 Å². The Morgan fingerprint density at radius 3 is 2.51 bits per heavy atom. The molecule has 3 aromatic rings. The van der Waals surface area contributed by atoms with Gasteiger partial charge in [-0.2, -0.15) is 13.2 Å². The predicted molar refractivity (Wildman–Crippen MR) is 120 cm³/mol. The Morgan fingerprint density at radius 1 is 1.17 bits per heavy atom. The van der Waals surface area contributed by atoms with Gasteiger partial charge in [0.05, 0.1) is 18.8 Å². The van der Waals surface area contributed by atoms with Crippen molar-refractivity contribution in [3.63, 3.8) is 0 Å². The van der Waals surface area contributed by atoms with Crippen LogP contribution in [0.15, 0.2) is 35.1 Å². The number of benzene rings is 1. The summed E-state index contributed by atoms with van der Waals surface area (Å²) in [5, 5.41) is 6.41. The number of morpholine rings is 1. The van der Waals surface area contributed by atoms with E-state index in [2.05, 4.69) is 15.5 Å². The number of pyridine rings is 1. The summed E-state index contributed by atoms with van der Waals surface area (Å²) in [6.45, 7) is 4.67. The summed E-state index contributed by atoms with van der Waals surface area (Å²) >= 11 is 0. The molecule has 35 heavy (non-hydrogen) atoms. The summed E-state index contributed by atoms with van der Waals surface area (Å²) in [6, 6.07) is 6.25. The van der Waals surface area contributed by atoms with Crippen molar-refractivity contribution in [2.24, 2.45) is 0 Å². The van der Waals surface area contributed by atoms with Gasteiger partial charge in [0.15, 0.2) is 6.10 Å². The highest BCUT2D eigenvalue weighted by atomic mass is 19.4. The molecule has 0 unspecified atom stereocenters. The standard InChI is InChI=1S/C24H24F4N4O3/c1-13-6-16(7-14(2)30-13)22-17(10-29-23(33)19-12-35-31-15(19)3)8-18(9-20(22)25)32-4-5-34-21(11-32)24(26,27)28/h6-9,12,21H,4-5,10-11H2,1-3H3,(H,29,33)/t21-/m0/s1. The Morgan fingerprint density at radius 2 is 1.89 bits per heavy atom. The van der Waals surface area contributed by atoms with Crippen LogP contribution < -0.4 is 10.2 Å². The summed E-state index contributed by atoms with van der Waals surface area (Å²) in [5.74, 6) is -1.08. The SMILES string of the molecule is Cc1cc(-c2c(F)cc(N3CCO[C@H](C(F)(F)F)C3)cc2CNC(=O)c2conc2C)cc(C)n1. The normalized spacial score (nSPS) is 16.4. The lowest BCUT2D eigenvalue weighted by Gasteiger charge is -2.35. The average Bonchev–Trinajstić information content (AvgIpc) is 3.22. The van der Waals surface area contributed by atoms with E-state index in [0.29, 0.717) is 28.2 Å². The van der Waals surface area contributed by atoms with Crippen LogP contribution in [0.1, 0.15) is 33.0 Å². The van der Waals surface area contributed by atoms with Gasteiger partial charge in [0.1, 0.15) is 17.6 Å². The highest BCUT2D eigenvalue weighted by Gasteiger charge is 2.43. The molecule has 0 saturated carbocycles. The number of carbonyl (C=O) groups excluding carboxylic acids is 1. The maximum atomic E-state index is 15.6. The molecule has 7 nitrogen and oxygen atoms in total. The number of hydrogen-bond donors (Lipinski definition) is 1. The maximum absolute atomic E-state index is 15.6. The fraction of sp³-hybridized carbons (Fsp3) is 0.375. The molecule has 1 saturated heterocycles. The molecular formula is C24H24F4N4O3. The third kappa shape index (κ3) is 5.45.